The zero-order chi connectivity index (χ0) is 7.28. The van der Waals surface area contributed by atoms with E-state index >= 15 is 0 Å². The topological polar surface area (TPSA) is 46.5 Å². The van der Waals surface area contributed by atoms with Crippen molar-refractivity contribution in [3.05, 3.63) is 0 Å². The highest BCUT2D eigenvalue weighted by atomic mass is 16.5. The van der Waals surface area contributed by atoms with E-state index < -0.39 is 0 Å². The maximum atomic E-state index is 10.2. The molecule has 0 aromatic rings. The Hall–Kier alpha value is -0.570. The van der Waals surface area contributed by atoms with Crippen molar-refractivity contribution in [2.75, 3.05) is 6.61 Å². The predicted molar refractivity (Wildman–Crippen MR) is 32.9 cm³/mol. The molecule has 0 aliphatic heterocycles. The first-order valence-corrected chi connectivity index (χ1v) is 2.95. The maximum Gasteiger partial charge on any atom is 0.302 e. The van der Waals surface area contributed by atoms with E-state index in [0.29, 0.717) is 6.42 Å². The van der Waals surface area contributed by atoms with E-state index in [1.807, 2.05) is 0 Å². The van der Waals surface area contributed by atoms with Gasteiger partial charge in [-0.05, 0) is 6.92 Å². The highest BCUT2D eigenvalue weighted by molar-refractivity contribution is 5.66. The first-order chi connectivity index (χ1) is 4.16. The monoisotopic (exact) mass is 132 g/mol. The predicted octanol–water partition coefficient (Wildman–Crippen LogP) is 0.320. The lowest BCUT2D eigenvalue weighted by atomic mass is 10.3. The van der Waals surface area contributed by atoms with Crippen molar-refractivity contribution in [3.8, 4) is 0 Å². The van der Waals surface area contributed by atoms with Crippen molar-refractivity contribution in [3.63, 3.8) is 0 Å². The van der Waals surface area contributed by atoms with Gasteiger partial charge in [0.2, 0.25) is 0 Å². The molecule has 0 aromatic carbocycles. The second-order valence-electron chi connectivity index (χ2n) is 1.93. The highest BCUT2D eigenvalue weighted by Gasteiger charge is 2.02. The molecule has 0 heterocycles. The summed E-state index contributed by atoms with van der Waals surface area (Å²) >= 11 is 0. The average molecular weight is 132 g/mol. The van der Waals surface area contributed by atoms with Gasteiger partial charge in [-0.1, -0.05) is 0 Å². The van der Waals surface area contributed by atoms with Gasteiger partial charge >= 0.3 is 5.97 Å². The zero-order valence-corrected chi connectivity index (χ0v) is 5.76. The number of esters is 1. The fourth-order valence-electron chi connectivity index (χ4n) is 0.524. The molecule has 1 atom stereocenters. The molecule has 0 saturated carbocycles. The van der Waals surface area contributed by atoms with Crippen LogP contribution in [0.25, 0.3) is 0 Å². The van der Waals surface area contributed by atoms with Gasteiger partial charge in [0.15, 0.2) is 0 Å². The van der Waals surface area contributed by atoms with Crippen LogP contribution in [0.5, 0.6) is 0 Å². The van der Waals surface area contributed by atoms with Crippen molar-refractivity contribution in [1.29, 1.82) is 0 Å². The van der Waals surface area contributed by atoms with Crippen LogP contribution >= 0.6 is 0 Å². The third-order valence-electron chi connectivity index (χ3n) is 0.903. The summed E-state index contributed by atoms with van der Waals surface area (Å²) < 4.78 is 4.69. The number of aliphatic hydroxyl groups excluding tert-OH is 1. The molecule has 0 spiro atoms. The van der Waals surface area contributed by atoms with E-state index in [4.69, 9.17) is 9.84 Å². The van der Waals surface area contributed by atoms with Crippen LogP contribution in [0, 0.1) is 0 Å². The molecular weight excluding hydrogens is 120 g/mol. The van der Waals surface area contributed by atoms with E-state index in [2.05, 4.69) is 0 Å². The maximum absolute atomic E-state index is 10.2. The Morgan fingerprint density at radius 3 is 2.67 bits per heavy atom. The van der Waals surface area contributed by atoms with Gasteiger partial charge in [0.25, 0.3) is 0 Å². The SMILES string of the molecule is CC(=O)O[C@@H](C)CCO. The third-order valence-corrected chi connectivity index (χ3v) is 0.903. The first kappa shape index (κ1) is 8.43. The van der Waals surface area contributed by atoms with E-state index in [1.165, 1.54) is 6.92 Å². The number of carbonyl (C=O) groups is 1. The summed E-state index contributed by atoms with van der Waals surface area (Å²) in [5.41, 5.74) is 0. The van der Waals surface area contributed by atoms with Crippen LogP contribution in [-0.4, -0.2) is 23.8 Å². The molecule has 0 amide bonds. The van der Waals surface area contributed by atoms with Crippen molar-refractivity contribution in [2.24, 2.45) is 0 Å². The fourth-order valence-corrected chi connectivity index (χ4v) is 0.524. The number of aliphatic hydroxyl groups is 1. The Kier molecular flexibility index (Phi) is 4.05. The van der Waals surface area contributed by atoms with Gasteiger partial charge in [-0.15, -0.1) is 0 Å². The Labute approximate surface area is 54.6 Å². The van der Waals surface area contributed by atoms with Gasteiger partial charge in [-0.3, -0.25) is 4.79 Å². The lowest BCUT2D eigenvalue weighted by molar-refractivity contribution is -0.145. The van der Waals surface area contributed by atoms with Gasteiger partial charge < -0.3 is 9.84 Å². The molecular formula is C6H12O3. The normalized spacial score (nSPS) is 12.8. The number of rotatable bonds is 3. The lowest BCUT2D eigenvalue weighted by Gasteiger charge is -2.08. The van der Waals surface area contributed by atoms with Crippen LogP contribution in [0.1, 0.15) is 20.3 Å². The number of hydrogen-bond acceptors (Lipinski definition) is 3. The van der Waals surface area contributed by atoms with Gasteiger partial charge in [-0.25, -0.2) is 0 Å². The molecule has 0 unspecified atom stereocenters. The van der Waals surface area contributed by atoms with Crippen LogP contribution in [0.4, 0.5) is 0 Å². The standard InChI is InChI=1S/C6H12O3/c1-5(3-4-7)9-6(2)8/h5,7H,3-4H2,1-2H3/t5-/m0/s1. The molecule has 0 saturated heterocycles. The molecule has 0 aliphatic carbocycles. The third kappa shape index (κ3) is 5.30. The van der Waals surface area contributed by atoms with Crippen molar-refractivity contribution in [1.82, 2.24) is 0 Å². The van der Waals surface area contributed by atoms with Crippen LogP contribution in [0.15, 0.2) is 0 Å². The van der Waals surface area contributed by atoms with Gasteiger partial charge in [-0.2, -0.15) is 0 Å². The second kappa shape index (κ2) is 4.32. The van der Waals surface area contributed by atoms with Crippen LogP contribution in [0.2, 0.25) is 0 Å². The minimum atomic E-state index is -0.295. The summed E-state index contributed by atoms with van der Waals surface area (Å²) in [7, 11) is 0. The zero-order valence-electron chi connectivity index (χ0n) is 5.76. The average Bonchev–Trinajstić information content (AvgIpc) is 1.63. The Bertz CT molecular complexity index is 90.3. The van der Waals surface area contributed by atoms with Crippen molar-refractivity contribution < 1.29 is 14.6 Å². The Morgan fingerprint density at radius 2 is 2.33 bits per heavy atom. The molecule has 0 aliphatic rings. The fraction of sp³-hybridized carbons (Fsp3) is 0.833. The van der Waals surface area contributed by atoms with Gasteiger partial charge in [0, 0.05) is 20.0 Å². The first-order valence-electron chi connectivity index (χ1n) is 2.95. The number of ether oxygens (including phenoxy) is 1. The van der Waals surface area contributed by atoms with Gasteiger partial charge in [0.1, 0.15) is 6.10 Å². The van der Waals surface area contributed by atoms with Crippen molar-refractivity contribution >= 4 is 5.97 Å². The summed E-state index contributed by atoms with van der Waals surface area (Å²) in [6.45, 7) is 3.17. The molecule has 0 rings (SSSR count). The molecule has 0 bridgehead atoms. The van der Waals surface area contributed by atoms with E-state index in [9.17, 15) is 4.79 Å². The summed E-state index contributed by atoms with van der Waals surface area (Å²) in [5.74, 6) is -0.295. The van der Waals surface area contributed by atoms with Crippen molar-refractivity contribution in [2.45, 2.75) is 26.4 Å². The van der Waals surface area contributed by atoms with Crippen LogP contribution < -0.4 is 0 Å². The molecule has 0 aromatic heterocycles. The van der Waals surface area contributed by atoms with Gasteiger partial charge in [0.05, 0.1) is 0 Å². The largest absolute Gasteiger partial charge is 0.463 e. The summed E-state index contributed by atoms with van der Waals surface area (Å²) in [6, 6.07) is 0. The van der Waals surface area contributed by atoms with Crippen LogP contribution in [-0.2, 0) is 9.53 Å². The highest BCUT2D eigenvalue weighted by Crippen LogP contribution is 1.95. The number of hydrogen-bond donors (Lipinski definition) is 1. The smallest absolute Gasteiger partial charge is 0.302 e. The van der Waals surface area contributed by atoms with E-state index in [1.54, 1.807) is 6.92 Å². The second-order valence-corrected chi connectivity index (χ2v) is 1.93. The summed E-state index contributed by atoms with van der Waals surface area (Å²) in [4.78, 5) is 10.2. The molecule has 1 N–H and O–H groups in total. The minimum Gasteiger partial charge on any atom is -0.463 e. The molecule has 0 radical (unpaired) electrons. The molecule has 0 fully saturated rings. The molecule has 3 heteroatoms. The lowest BCUT2D eigenvalue weighted by Crippen LogP contribution is -2.13. The Balaban J connectivity index is 3.26. The van der Waals surface area contributed by atoms with E-state index in [0.717, 1.165) is 0 Å². The molecule has 3 nitrogen and oxygen atoms in total. The summed E-state index contributed by atoms with van der Waals surface area (Å²) in [6.07, 6.45) is 0.354. The quantitative estimate of drug-likeness (QED) is 0.562. The molecule has 9 heavy (non-hydrogen) atoms. The van der Waals surface area contributed by atoms with E-state index in [-0.39, 0.29) is 18.7 Å². The number of carbonyl (C=O) groups excluding carboxylic acids is 1. The molecule has 54 valence electrons. The van der Waals surface area contributed by atoms with Crippen LogP contribution in [0.3, 0.4) is 0 Å². The minimum absolute atomic E-state index is 0.0639. The Morgan fingerprint density at radius 1 is 1.78 bits per heavy atom. The summed E-state index contributed by atoms with van der Waals surface area (Å²) in [5, 5.41) is 8.36.